The number of carbonyl (C=O) groups is 3. The topological polar surface area (TPSA) is 81.5 Å². The molecule has 0 aliphatic carbocycles. The summed E-state index contributed by atoms with van der Waals surface area (Å²) in [4.78, 5) is 40.2. The molecule has 0 spiro atoms. The van der Waals surface area contributed by atoms with Crippen molar-refractivity contribution in [1.29, 1.82) is 0 Å². The van der Waals surface area contributed by atoms with E-state index >= 15 is 0 Å². The van der Waals surface area contributed by atoms with Gasteiger partial charge in [0.05, 0.1) is 0 Å². The second kappa shape index (κ2) is 5.37. The van der Waals surface area contributed by atoms with Gasteiger partial charge in [0.1, 0.15) is 6.04 Å². The summed E-state index contributed by atoms with van der Waals surface area (Å²) in [5.74, 6) is -0.725. The lowest BCUT2D eigenvalue weighted by atomic mass is 10.0. The van der Waals surface area contributed by atoms with Gasteiger partial charge in [-0.15, -0.1) is 0 Å². The zero-order valence-electron chi connectivity index (χ0n) is 13.8. The predicted molar refractivity (Wildman–Crippen MR) is 88.5 cm³/mol. The molecule has 7 heteroatoms. The Balaban J connectivity index is 1.32. The number of fused-ring (bicyclic) bond motifs is 2. The Kier molecular flexibility index (Phi) is 3.23. The molecule has 5 rings (SSSR count). The second-order valence-corrected chi connectivity index (χ2v) is 7.36. The third-order valence-electron chi connectivity index (χ3n) is 5.87. The quantitative estimate of drug-likeness (QED) is 0.578. The SMILES string of the molecule is O=C1CCC(N2Cc3cc(CN4C5CNCC54)ccc3C2=O)C(=O)N1. The average Bonchev–Trinajstić information content (AvgIpc) is 2.94. The maximum absolute atomic E-state index is 12.7. The molecule has 0 aromatic heterocycles. The van der Waals surface area contributed by atoms with Crippen molar-refractivity contribution in [3.63, 3.8) is 0 Å². The molecule has 3 atom stereocenters. The zero-order chi connectivity index (χ0) is 17.1. The smallest absolute Gasteiger partial charge is 0.255 e. The highest BCUT2D eigenvalue weighted by atomic mass is 16.2. The highest BCUT2D eigenvalue weighted by molar-refractivity contribution is 6.05. The first-order chi connectivity index (χ1) is 12.1. The fraction of sp³-hybridized carbons (Fsp3) is 0.500. The van der Waals surface area contributed by atoms with Crippen LogP contribution < -0.4 is 10.6 Å². The number of piperazine rings is 1. The molecular weight excluding hydrogens is 320 g/mol. The van der Waals surface area contributed by atoms with Crippen molar-refractivity contribution in [2.24, 2.45) is 0 Å². The van der Waals surface area contributed by atoms with Gasteiger partial charge < -0.3 is 10.2 Å². The van der Waals surface area contributed by atoms with E-state index in [9.17, 15) is 14.4 Å². The van der Waals surface area contributed by atoms with Gasteiger partial charge in [-0.25, -0.2) is 0 Å². The van der Waals surface area contributed by atoms with Crippen molar-refractivity contribution in [1.82, 2.24) is 20.4 Å². The summed E-state index contributed by atoms with van der Waals surface area (Å²) < 4.78 is 0. The largest absolute Gasteiger partial charge is 0.322 e. The number of hydrogen-bond donors (Lipinski definition) is 2. The van der Waals surface area contributed by atoms with E-state index in [4.69, 9.17) is 0 Å². The lowest BCUT2D eigenvalue weighted by molar-refractivity contribution is -0.136. The van der Waals surface area contributed by atoms with Crippen LogP contribution in [0, 0.1) is 0 Å². The third-order valence-corrected chi connectivity index (χ3v) is 5.87. The number of imide groups is 1. The van der Waals surface area contributed by atoms with E-state index in [2.05, 4.69) is 21.6 Å². The molecule has 4 aliphatic heterocycles. The van der Waals surface area contributed by atoms with Crippen LogP contribution in [0.1, 0.15) is 34.3 Å². The first-order valence-corrected chi connectivity index (χ1v) is 8.85. The van der Waals surface area contributed by atoms with Gasteiger partial charge in [-0.3, -0.25) is 24.6 Å². The van der Waals surface area contributed by atoms with E-state index in [-0.39, 0.29) is 24.1 Å². The standard InChI is InChI=1S/C18H20N4O3/c23-16-4-3-13(17(24)20-16)22-9-11-5-10(1-2-12(11)18(22)25)8-21-14-6-19-7-15(14)21/h1-2,5,13-15,19H,3-4,6-9H2,(H,20,23,24). The number of nitrogens with zero attached hydrogens (tertiary/aromatic N) is 2. The summed E-state index contributed by atoms with van der Waals surface area (Å²) in [5.41, 5.74) is 2.88. The van der Waals surface area contributed by atoms with Crippen LogP contribution in [-0.2, 0) is 22.7 Å². The zero-order valence-corrected chi connectivity index (χ0v) is 13.8. The lowest BCUT2D eigenvalue weighted by Crippen LogP contribution is -2.52. The molecule has 3 fully saturated rings. The number of benzene rings is 1. The fourth-order valence-electron chi connectivity index (χ4n) is 4.45. The number of piperidine rings is 1. The molecule has 7 nitrogen and oxygen atoms in total. The Hall–Kier alpha value is -2.25. The van der Waals surface area contributed by atoms with Crippen LogP contribution in [0.4, 0.5) is 0 Å². The Morgan fingerprint density at radius 1 is 1.12 bits per heavy atom. The van der Waals surface area contributed by atoms with Gasteiger partial charge in [-0.05, 0) is 23.6 Å². The minimum atomic E-state index is -0.543. The molecule has 4 aliphatic rings. The van der Waals surface area contributed by atoms with Crippen LogP contribution in [-0.4, -0.2) is 58.7 Å². The summed E-state index contributed by atoms with van der Waals surface area (Å²) in [7, 11) is 0. The van der Waals surface area contributed by atoms with Crippen LogP contribution in [0.3, 0.4) is 0 Å². The minimum absolute atomic E-state index is 0.108. The van der Waals surface area contributed by atoms with Crippen LogP contribution in [0.15, 0.2) is 18.2 Å². The number of carbonyl (C=O) groups excluding carboxylic acids is 3. The molecular formula is C18H20N4O3. The molecule has 0 saturated carbocycles. The number of hydrogen-bond acceptors (Lipinski definition) is 5. The van der Waals surface area contributed by atoms with Crippen molar-refractivity contribution in [3.05, 3.63) is 34.9 Å². The molecule has 25 heavy (non-hydrogen) atoms. The molecule has 2 N–H and O–H groups in total. The Labute approximate surface area is 145 Å². The van der Waals surface area contributed by atoms with E-state index in [1.54, 1.807) is 4.90 Å². The predicted octanol–water partition coefficient (Wildman–Crippen LogP) is -0.396. The fourth-order valence-corrected chi connectivity index (χ4v) is 4.45. The molecule has 3 unspecified atom stereocenters. The van der Waals surface area contributed by atoms with E-state index in [0.29, 0.717) is 30.6 Å². The van der Waals surface area contributed by atoms with Crippen LogP contribution in [0.25, 0.3) is 0 Å². The summed E-state index contributed by atoms with van der Waals surface area (Å²) in [5, 5.41) is 5.72. The monoisotopic (exact) mass is 340 g/mol. The first kappa shape index (κ1) is 15.0. The lowest BCUT2D eigenvalue weighted by Gasteiger charge is -2.29. The van der Waals surface area contributed by atoms with Crippen molar-refractivity contribution in [2.45, 2.75) is 44.1 Å². The molecule has 130 valence electrons. The van der Waals surface area contributed by atoms with Crippen LogP contribution in [0.5, 0.6) is 0 Å². The van der Waals surface area contributed by atoms with Crippen molar-refractivity contribution in [3.8, 4) is 0 Å². The van der Waals surface area contributed by atoms with Gasteiger partial charge >= 0.3 is 0 Å². The molecule has 0 radical (unpaired) electrons. The summed E-state index contributed by atoms with van der Waals surface area (Å²) in [6.45, 7) is 3.49. The highest BCUT2D eigenvalue weighted by Crippen LogP contribution is 2.34. The summed E-state index contributed by atoms with van der Waals surface area (Å²) in [6, 6.07) is 6.78. The van der Waals surface area contributed by atoms with Gasteiger partial charge in [0.25, 0.3) is 5.91 Å². The van der Waals surface area contributed by atoms with Gasteiger partial charge in [0.2, 0.25) is 11.8 Å². The van der Waals surface area contributed by atoms with Crippen LogP contribution >= 0.6 is 0 Å². The second-order valence-electron chi connectivity index (χ2n) is 7.36. The molecule has 3 saturated heterocycles. The Morgan fingerprint density at radius 2 is 1.92 bits per heavy atom. The average molecular weight is 340 g/mol. The molecule has 1 aromatic carbocycles. The molecule has 3 amide bonds. The third kappa shape index (κ3) is 2.38. The Bertz CT molecular complexity index is 783. The van der Waals surface area contributed by atoms with Crippen molar-refractivity contribution >= 4 is 17.7 Å². The van der Waals surface area contributed by atoms with Gasteiger partial charge in [0.15, 0.2) is 0 Å². The van der Waals surface area contributed by atoms with E-state index in [0.717, 1.165) is 25.2 Å². The molecule has 0 bridgehead atoms. The number of amides is 3. The van der Waals surface area contributed by atoms with Crippen molar-refractivity contribution in [2.75, 3.05) is 13.1 Å². The maximum atomic E-state index is 12.7. The van der Waals surface area contributed by atoms with Crippen LogP contribution in [0.2, 0.25) is 0 Å². The highest BCUT2D eigenvalue weighted by Gasteiger charge is 2.50. The van der Waals surface area contributed by atoms with E-state index in [1.807, 2.05) is 12.1 Å². The normalized spacial score (nSPS) is 33.3. The van der Waals surface area contributed by atoms with Gasteiger partial charge in [-0.1, -0.05) is 12.1 Å². The van der Waals surface area contributed by atoms with E-state index < -0.39 is 6.04 Å². The van der Waals surface area contributed by atoms with Gasteiger partial charge in [0, 0.05) is 50.2 Å². The van der Waals surface area contributed by atoms with Crippen molar-refractivity contribution < 1.29 is 14.4 Å². The summed E-state index contributed by atoms with van der Waals surface area (Å²) in [6.07, 6.45) is 0.689. The van der Waals surface area contributed by atoms with E-state index in [1.165, 1.54) is 5.56 Å². The maximum Gasteiger partial charge on any atom is 0.255 e. The molecule has 1 aromatic rings. The number of nitrogens with one attached hydrogen (secondary N) is 2. The molecule has 4 heterocycles. The number of rotatable bonds is 3. The Morgan fingerprint density at radius 3 is 2.68 bits per heavy atom. The van der Waals surface area contributed by atoms with Gasteiger partial charge in [-0.2, -0.15) is 0 Å². The summed E-state index contributed by atoms with van der Waals surface area (Å²) >= 11 is 0. The minimum Gasteiger partial charge on any atom is -0.322 e. The first-order valence-electron chi connectivity index (χ1n) is 8.85.